The van der Waals surface area contributed by atoms with Gasteiger partial charge in [0.25, 0.3) is 5.91 Å². The van der Waals surface area contributed by atoms with E-state index < -0.39 is 18.0 Å². The van der Waals surface area contributed by atoms with E-state index in [1.54, 1.807) is 60.7 Å². The summed E-state index contributed by atoms with van der Waals surface area (Å²) in [6, 6.07) is 19.0. The molecule has 0 saturated heterocycles. The number of esters is 1. The van der Waals surface area contributed by atoms with Crippen LogP contribution in [-0.2, 0) is 4.79 Å². The van der Waals surface area contributed by atoms with Gasteiger partial charge >= 0.3 is 5.97 Å². The normalized spacial score (nSPS) is 14.5. The van der Waals surface area contributed by atoms with E-state index >= 15 is 0 Å². The van der Waals surface area contributed by atoms with Crippen molar-refractivity contribution in [2.75, 3.05) is 13.2 Å². The molecule has 1 N–H and O–H groups in total. The number of para-hydroxylation sites is 2. The van der Waals surface area contributed by atoms with Crippen LogP contribution in [0.1, 0.15) is 22.8 Å². The highest BCUT2D eigenvalue weighted by Gasteiger charge is 2.27. The lowest BCUT2D eigenvalue weighted by atomic mass is 10.2. The number of nitrogens with zero attached hydrogens (tertiary/aromatic N) is 1. The molecule has 1 amide bonds. The van der Waals surface area contributed by atoms with Gasteiger partial charge in [-0.3, -0.25) is 4.79 Å². The minimum Gasteiger partial charge on any atom is -0.490 e. The van der Waals surface area contributed by atoms with Crippen molar-refractivity contribution in [1.82, 2.24) is 5.43 Å². The third kappa shape index (κ3) is 5.74. The summed E-state index contributed by atoms with van der Waals surface area (Å²) >= 11 is 3.34. The van der Waals surface area contributed by atoms with Crippen molar-refractivity contribution in [2.24, 2.45) is 5.10 Å². The van der Waals surface area contributed by atoms with E-state index in [4.69, 9.17) is 18.9 Å². The largest absolute Gasteiger partial charge is 0.490 e. The average molecular weight is 525 g/mol. The number of hydrazone groups is 1. The van der Waals surface area contributed by atoms with Gasteiger partial charge in [0.1, 0.15) is 6.61 Å². The lowest BCUT2D eigenvalue weighted by Gasteiger charge is -2.24. The molecule has 0 radical (unpaired) electrons. The maximum atomic E-state index is 12.5. The highest BCUT2D eigenvalue weighted by Crippen LogP contribution is 2.31. The van der Waals surface area contributed by atoms with Crippen LogP contribution in [-0.4, -0.2) is 37.4 Å². The van der Waals surface area contributed by atoms with Gasteiger partial charge in [-0.1, -0.05) is 28.1 Å². The summed E-state index contributed by atoms with van der Waals surface area (Å²) in [6.07, 6.45) is 0.643. The Kier molecular flexibility index (Phi) is 7.44. The van der Waals surface area contributed by atoms with Crippen LogP contribution in [0.4, 0.5) is 0 Å². The first-order chi connectivity index (χ1) is 16.5. The predicted octanol–water partition coefficient (Wildman–Crippen LogP) is 4.36. The summed E-state index contributed by atoms with van der Waals surface area (Å²) in [6.45, 7) is 2.29. The number of hydrogen-bond donors (Lipinski definition) is 1. The molecule has 3 aromatic carbocycles. The van der Waals surface area contributed by atoms with Gasteiger partial charge in [0.05, 0.1) is 18.4 Å². The smallest absolute Gasteiger partial charge is 0.343 e. The van der Waals surface area contributed by atoms with E-state index in [0.29, 0.717) is 35.0 Å². The SMILES string of the molecule is CCOc1cc(/C=N\NC(=O)[C@H]2COc3ccccc3O2)ccc1OC(=O)c1ccc(Br)cc1. The van der Waals surface area contributed by atoms with Crippen LogP contribution in [0, 0.1) is 0 Å². The van der Waals surface area contributed by atoms with Crippen molar-refractivity contribution in [2.45, 2.75) is 13.0 Å². The summed E-state index contributed by atoms with van der Waals surface area (Å²) in [4.78, 5) is 24.8. The third-order valence-corrected chi connectivity index (χ3v) is 5.27. The highest BCUT2D eigenvalue weighted by atomic mass is 79.9. The van der Waals surface area contributed by atoms with Crippen LogP contribution in [0.15, 0.2) is 76.3 Å². The maximum Gasteiger partial charge on any atom is 0.343 e. The van der Waals surface area contributed by atoms with Crippen LogP contribution >= 0.6 is 15.9 Å². The van der Waals surface area contributed by atoms with E-state index in [1.807, 2.05) is 13.0 Å². The quantitative estimate of drug-likeness (QED) is 0.213. The molecule has 0 saturated carbocycles. The first kappa shape index (κ1) is 23.3. The molecule has 0 aliphatic carbocycles. The molecule has 1 atom stereocenters. The standard InChI is InChI=1S/C25H21BrN2O6/c1-2-31-22-13-16(7-12-21(22)34-25(30)17-8-10-18(26)11-9-17)14-27-28-24(29)23-15-32-19-5-3-4-6-20(19)33-23/h3-14,23H,2,15H2,1H3,(H,28,29)/b27-14-/t23-/m1/s1. The van der Waals surface area contributed by atoms with E-state index in [-0.39, 0.29) is 12.4 Å². The van der Waals surface area contributed by atoms with Crippen molar-refractivity contribution in [3.63, 3.8) is 0 Å². The number of nitrogens with one attached hydrogen (secondary N) is 1. The first-order valence-electron chi connectivity index (χ1n) is 10.5. The fourth-order valence-corrected chi connectivity index (χ4v) is 3.36. The fraction of sp³-hybridized carbons (Fsp3) is 0.160. The van der Waals surface area contributed by atoms with Gasteiger partial charge in [-0.25, -0.2) is 10.2 Å². The molecular formula is C25H21BrN2O6. The molecule has 34 heavy (non-hydrogen) atoms. The molecule has 0 aromatic heterocycles. The Morgan fingerprint density at radius 3 is 2.62 bits per heavy atom. The molecule has 0 fully saturated rings. The van der Waals surface area contributed by atoms with Gasteiger partial charge in [-0.15, -0.1) is 0 Å². The molecule has 3 aromatic rings. The zero-order valence-electron chi connectivity index (χ0n) is 18.2. The summed E-state index contributed by atoms with van der Waals surface area (Å²) in [5.74, 6) is 0.826. The lowest BCUT2D eigenvalue weighted by molar-refractivity contribution is -0.130. The third-order valence-electron chi connectivity index (χ3n) is 4.74. The number of fused-ring (bicyclic) bond motifs is 1. The first-order valence-corrected chi connectivity index (χ1v) is 11.3. The summed E-state index contributed by atoms with van der Waals surface area (Å²) < 4.78 is 23.2. The van der Waals surface area contributed by atoms with Crippen LogP contribution < -0.4 is 24.4 Å². The van der Waals surface area contributed by atoms with E-state index in [2.05, 4.69) is 26.5 Å². The number of carbonyl (C=O) groups excluding carboxylic acids is 2. The Morgan fingerprint density at radius 1 is 1.09 bits per heavy atom. The van der Waals surface area contributed by atoms with Crippen molar-refractivity contribution >= 4 is 34.0 Å². The monoisotopic (exact) mass is 524 g/mol. The Hall–Kier alpha value is -3.85. The number of rotatable bonds is 7. The summed E-state index contributed by atoms with van der Waals surface area (Å²) in [7, 11) is 0. The van der Waals surface area contributed by atoms with Gasteiger partial charge in [0.15, 0.2) is 23.0 Å². The summed E-state index contributed by atoms with van der Waals surface area (Å²) in [5.41, 5.74) is 3.50. The zero-order chi connectivity index (χ0) is 23.9. The maximum absolute atomic E-state index is 12.5. The van der Waals surface area contributed by atoms with Crippen LogP contribution in [0.25, 0.3) is 0 Å². The summed E-state index contributed by atoms with van der Waals surface area (Å²) in [5, 5.41) is 3.99. The Bertz CT molecular complexity index is 1210. The van der Waals surface area contributed by atoms with Crippen molar-refractivity contribution < 1.29 is 28.5 Å². The van der Waals surface area contributed by atoms with Crippen molar-refractivity contribution in [3.05, 3.63) is 82.3 Å². The second kappa shape index (κ2) is 10.8. The molecule has 0 spiro atoms. The number of halogens is 1. The minimum absolute atomic E-state index is 0.0886. The topological polar surface area (TPSA) is 95.5 Å². The van der Waals surface area contributed by atoms with Crippen LogP contribution in [0.5, 0.6) is 23.0 Å². The minimum atomic E-state index is -0.813. The molecule has 8 nitrogen and oxygen atoms in total. The van der Waals surface area contributed by atoms with Gasteiger partial charge in [0.2, 0.25) is 6.10 Å². The number of amides is 1. The Balaban J connectivity index is 1.39. The molecule has 0 unspecified atom stereocenters. The van der Waals surface area contributed by atoms with E-state index in [9.17, 15) is 9.59 Å². The second-order valence-corrected chi connectivity index (χ2v) is 8.05. The molecule has 0 bridgehead atoms. The molecule has 1 heterocycles. The van der Waals surface area contributed by atoms with E-state index in [1.165, 1.54) is 6.21 Å². The van der Waals surface area contributed by atoms with Gasteiger partial charge in [0, 0.05) is 4.47 Å². The van der Waals surface area contributed by atoms with Gasteiger partial charge < -0.3 is 18.9 Å². The Labute approximate surface area is 204 Å². The molecule has 4 rings (SSSR count). The fourth-order valence-electron chi connectivity index (χ4n) is 3.09. The van der Waals surface area contributed by atoms with E-state index in [0.717, 1.165) is 4.47 Å². The molecule has 174 valence electrons. The average Bonchev–Trinajstić information content (AvgIpc) is 2.85. The predicted molar refractivity (Wildman–Crippen MR) is 129 cm³/mol. The number of ether oxygens (including phenoxy) is 4. The van der Waals surface area contributed by atoms with Crippen molar-refractivity contribution in [3.8, 4) is 23.0 Å². The van der Waals surface area contributed by atoms with Gasteiger partial charge in [-0.2, -0.15) is 5.10 Å². The van der Waals surface area contributed by atoms with Crippen molar-refractivity contribution in [1.29, 1.82) is 0 Å². The number of benzene rings is 3. The van der Waals surface area contributed by atoms with Crippen LogP contribution in [0.3, 0.4) is 0 Å². The lowest BCUT2D eigenvalue weighted by Crippen LogP contribution is -2.42. The highest BCUT2D eigenvalue weighted by molar-refractivity contribution is 9.10. The van der Waals surface area contributed by atoms with Gasteiger partial charge in [-0.05, 0) is 67.1 Å². The number of carbonyl (C=O) groups is 2. The zero-order valence-corrected chi connectivity index (χ0v) is 19.8. The van der Waals surface area contributed by atoms with Crippen LogP contribution in [0.2, 0.25) is 0 Å². The molecule has 9 heteroatoms. The molecule has 1 aliphatic heterocycles. The molecule has 1 aliphatic rings. The second-order valence-electron chi connectivity index (χ2n) is 7.13. The number of hydrogen-bond acceptors (Lipinski definition) is 7. The Morgan fingerprint density at radius 2 is 1.85 bits per heavy atom. The molecular weight excluding hydrogens is 504 g/mol.